The summed E-state index contributed by atoms with van der Waals surface area (Å²) < 4.78 is 0. The van der Waals surface area contributed by atoms with Crippen LogP contribution >= 0.6 is 0 Å². The van der Waals surface area contributed by atoms with Gasteiger partial charge in [0.15, 0.2) is 5.78 Å². The molecule has 0 atom stereocenters. The Hall–Kier alpha value is -1.61. The van der Waals surface area contributed by atoms with Crippen molar-refractivity contribution in [2.45, 2.75) is 25.9 Å². The number of benzene rings is 1. The third kappa shape index (κ3) is 4.75. The standard InChI is InChI=1S/C13H16O3/c1-13(2,16)9-12(15)8-5-10-3-6-11(14)7-4-10/h3-8,14,16H,9H2,1-2H3. The fraction of sp³-hybridized carbons (Fsp3) is 0.308. The number of carbonyl (C=O) groups excluding carboxylic acids is 1. The molecule has 0 aliphatic rings. The molecular weight excluding hydrogens is 204 g/mol. The first kappa shape index (κ1) is 12.5. The molecule has 86 valence electrons. The van der Waals surface area contributed by atoms with E-state index in [9.17, 15) is 9.90 Å². The van der Waals surface area contributed by atoms with Crippen LogP contribution in [-0.2, 0) is 4.79 Å². The molecule has 0 radical (unpaired) electrons. The minimum Gasteiger partial charge on any atom is -0.508 e. The molecule has 1 rings (SSSR count). The number of ketones is 1. The monoisotopic (exact) mass is 220 g/mol. The fourth-order valence-corrected chi connectivity index (χ4v) is 1.26. The highest BCUT2D eigenvalue weighted by atomic mass is 16.3. The molecule has 0 heterocycles. The van der Waals surface area contributed by atoms with Gasteiger partial charge in [-0.3, -0.25) is 4.79 Å². The molecule has 1 aromatic rings. The molecule has 0 aromatic heterocycles. The van der Waals surface area contributed by atoms with Gasteiger partial charge in [0, 0.05) is 6.42 Å². The second-order valence-corrected chi connectivity index (χ2v) is 4.38. The molecule has 3 heteroatoms. The van der Waals surface area contributed by atoms with Crippen LogP contribution in [0.3, 0.4) is 0 Å². The molecule has 0 fully saturated rings. The van der Waals surface area contributed by atoms with Crippen LogP contribution < -0.4 is 0 Å². The van der Waals surface area contributed by atoms with Gasteiger partial charge < -0.3 is 10.2 Å². The summed E-state index contributed by atoms with van der Waals surface area (Å²) in [6.45, 7) is 3.19. The number of allylic oxidation sites excluding steroid dienone is 1. The summed E-state index contributed by atoms with van der Waals surface area (Å²) in [4.78, 5) is 11.4. The summed E-state index contributed by atoms with van der Waals surface area (Å²) >= 11 is 0. The van der Waals surface area contributed by atoms with E-state index in [4.69, 9.17) is 5.11 Å². The van der Waals surface area contributed by atoms with Gasteiger partial charge in [0.25, 0.3) is 0 Å². The number of hydrogen-bond acceptors (Lipinski definition) is 3. The van der Waals surface area contributed by atoms with E-state index in [0.29, 0.717) is 0 Å². The van der Waals surface area contributed by atoms with Gasteiger partial charge in [-0.1, -0.05) is 18.2 Å². The Bertz CT molecular complexity index is 383. The largest absolute Gasteiger partial charge is 0.508 e. The van der Waals surface area contributed by atoms with Gasteiger partial charge in [-0.05, 0) is 37.6 Å². The summed E-state index contributed by atoms with van der Waals surface area (Å²) in [6, 6.07) is 6.53. The molecule has 16 heavy (non-hydrogen) atoms. The summed E-state index contributed by atoms with van der Waals surface area (Å²) in [5.41, 5.74) is -0.141. The lowest BCUT2D eigenvalue weighted by Gasteiger charge is -2.13. The van der Waals surface area contributed by atoms with Crippen molar-refractivity contribution in [1.82, 2.24) is 0 Å². The minimum atomic E-state index is -0.976. The summed E-state index contributed by atoms with van der Waals surface area (Å²) in [5.74, 6) is 0.0699. The highest BCUT2D eigenvalue weighted by Crippen LogP contribution is 2.12. The molecule has 1 aromatic carbocycles. The summed E-state index contributed by atoms with van der Waals surface area (Å²) in [7, 11) is 0. The van der Waals surface area contributed by atoms with Gasteiger partial charge in [-0.2, -0.15) is 0 Å². The molecule has 0 bridgehead atoms. The average molecular weight is 220 g/mol. The number of carbonyl (C=O) groups is 1. The molecule has 0 aliphatic carbocycles. The van der Waals surface area contributed by atoms with Gasteiger partial charge in [0.05, 0.1) is 5.60 Å². The highest BCUT2D eigenvalue weighted by Gasteiger charge is 2.15. The SMILES string of the molecule is CC(C)(O)CC(=O)C=Cc1ccc(O)cc1. The molecule has 3 nitrogen and oxygen atoms in total. The van der Waals surface area contributed by atoms with Crippen LogP contribution in [0.15, 0.2) is 30.3 Å². The van der Waals surface area contributed by atoms with Crippen LogP contribution in [-0.4, -0.2) is 21.6 Å². The van der Waals surface area contributed by atoms with Crippen LogP contribution in [0, 0.1) is 0 Å². The lowest BCUT2D eigenvalue weighted by atomic mass is 10.0. The van der Waals surface area contributed by atoms with E-state index >= 15 is 0 Å². The zero-order valence-corrected chi connectivity index (χ0v) is 9.47. The molecular formula is C13H16O3. The lowest BCUT2D eigenvalue weighted by Crippen LogP contribution is -2.22. The molecule has 0 aliphatic heterocycles. The van der Waals surface area contributed by atoms with Gasteiger partial charge in [0.1, 0.15) is 5.75 Å². The van der Waals surface area contributed by atoms with E-state index in [1.165, 1.54) is 6.08 Å². The van der Waals surface area contributed by atoms with Crippen molar-refractivity contribution in [3.8, 4) is 5.75 Å². The van der Waals surface area contributed by atoms with Crippen LogP contribution in [0.2, 0.25) is 0 Å². The van der Waals surface area contributed by atoms with Crippen molar-refractivity contribution in [3.05, 3.63) is 35.9 Å². The Labute approximate surface area is 95.0 Å². The maximum Gasteiger partial charge on any atom is 0.158 e. The van der Waals surface area contributed by atoms with E-state index in [-0.39, 0.29) is 18.0 Å². The Balaban J connectivity index is 2.60. The van der Waals surface area contributed by atoms with E-state index in [2.05, 4.69) is 0 Å². The minimum absolute atomic E-state index is 0.0988. The van der Waals surface area contributed by atoms with Crippen LogP contribution in [0.4, 0.5) is 0 Å². The summed E-state index contributed by atoms with van der Waals surface area (Å²) in [6.07, 6.45) is 3.19. The summed E-state index contributed by atoms with van der Waals surface area (Å²) in [5, 5.41) is 18.5. The van der Waals surface area contributed by atoms with Crippen LogP contribution in [0.1, 0.15) is 25.8 Å². The Morgan fingerprint density at radius 3 is 2.38 bits per heavy atom. The zero-order valence-electron chi connectivity index (χ0n) is 9.47. The lowest BCUT2D eigenvalue weighted by molar-refractivity contribution is -0.118. The first-order valence-electron chi connectivity index (χ1n) is 5.09. The Kier molecular flexibility index (Phi) is 3.85. The molecule has 0 saturated heterocycles. The van der Waals surface area contributed by atoms with E-state index < -0.39 is 5.60 Å². The molecule has 0 amide bonds. The fourth-order valence-electron chi connectivity index (χ4n) is 1.26. The predicted octanol–water partition coefficient (Wildman–Crippen LogP) is 2.14. The predicted molar refractivity (Wildman–Crippen MR) is 63.1 cm³/mol. The number of phenols is 1. The van der Waals surface area contributed by atoms with E-state index in [0.717, 1.165) is 5.56 Å². The third-order valence-corrected chi connectivity index (χ3v) is 1.96. The zero-order chi connectivity index (χ0) is 12.2. The van der Waals surface area contributed by atoms with Crippen molar-refractivity contribution in [2.24, 2.45) is 0 Å². The maximum atomic E-state index is 11.4. The number of aliphatic hydroxyl groups is 1. The van der Waals surface area contributed by atoms with Crippen LogP contribution in [0.5, 0.6) is 5.75 Å². The van der Waals surface area contributed by atoms with Crippen molar-refractivity contribution >= 4 is 11.9 Å². The van der Waals surface area contributed by atoms with Crippen molar-refractivity contribution < 1.29 is 15.0 Å². The van der Waals surface area contributed by atoms with Crippen molar-refractivity contribution in [1.29, 1.82) is 0 Å². The Morgan fingerprint density at radius 2 is 1.88 bits per heavy atom. The molecule has 2 N–H and O–H groups in total. The number of hydrogen-bond donors (Lipinski definition) is 2. The molecule has 0 unspecified atom stereocenters. The molecule has 0 spiro atoms. The van der Waals surface area contributed by atoms with Crippen molar-refractivity contribution in [3.63, 3.8) is 0 Å². The number of aromatic hydroxyl groups is 1. The molecule has 0 saturated carbocycles. The average Bonchev–Trinajstić information content (AvgIpc) is 2.14. The van der Waals surface area contributed by atoms with Gasteiger partial charge in [-0.25, -0.2) is 0 Å². The van der Waals surface area contributed by atoms with Gasteiger partial charge in [-0.15, -0.1) is 0 Å². The van der Waals surface area contributed by atoms with Gasteiger partial charge in [0.2, 0.25) is 0 Å². The smallest absolute Gasteiger partial charge is 0.158 e. The second-order valence-electron chi connectivity index (χ2n) is 4.38. The quantitative estimate of drug-likeness (QED) is 0.764. The number of phenolic OH excluding ortho intramolecular Hbond substituents is 1. The highest BCUT2D eigenvalue weighted by molar-refractivity contribution is 5.94. The third-order valence-electron chi connectivity index (χ3n) is 1.96. The van der Waals surface area contributed by atoms with E-state index in [1.54, 1.807) is 44.2 Å². The first-order chi connectivity index (χ1) is 7.37. The topological polar surface area (TPSA) is 57.5 Å². The van der Waals surface area contributed by atoms with E-state index in [1.807, 2.05) is 0 Å². The number of rotatable bonds is 4. The normalized spacial score (nSPS) is 11.9. The first-order valence-corrected chi connectivity index (χ1v) is 5.09. The van der Waals surface area contributed by atoms with Crippen LogP contribution in [0.25, 0.3) is 6.08 Å². The maximum absolute atomic E-state index is 11.4. The Morgan fingerprint density at radius 1 is 1.31 bits per heavy atom. The van der Waals surface area contributed by atoms with Gasteiger partial charge >= 0.3 is 0 Å². The van der Waals surface area contributed by atoms with Crippen molar-refractivity contribution in [2.75, 3.05) is 0 Å². The second kappa shape index (κ2) is 4.94.